The van der Waals surface area contributed by atoms with E-state index in [2.05, 4.69) is 46.5 Å². The predicted octanol–water partition coefficient (Wildman–Crippen LogP) is 4.73. The number of aromatic nitrogens is 2. The van der Waals surface area contributed by atoms with Crippen molar-refractivity contribution < 1.29 is 14.3 Å². The minimum Gasteiger partial charge on any atom is -0.490 e. The third kappa shape index (κ3) is 4.53. The molecule has 2 aliphatic rings. The van der Waals surface area contributed by atoms with Crippen molar-refractivity contribution in [3.8, 4) is 17.2 Å². The summed E-state index contributed by atoms with van der Waals surface area (Å²) in [5.41, 5.74) is 5.89. The van der Waals surface area contributed by atoms with E-state index in [0.717, 1.165) is 60.1 Å². The minimum atomic E-state index is -0.0177. The number of nitrogens with one attached hydrogen (secondary N) is 1. The van der Waals surface area contributed by atoms with Crippen molar-refractivity contribution in [2.24, 2.45) is 0 Å². The van der Waals surface area contributed by atoms with Crippen LogP contribution in [0.2, 0.25) is 0 Å². The van der Waals surface area contributed by atoms with E-state index in [0.29, 0.717) is 19.8 Å². The Morgan fingerprint density at radius 3 is 2.59 bits per heavy atom. The highest BCUT2D eigenvalue weighted by Crippen LogP contribution is 2.37. The van der Waals surface area contributed by atoms with Crippen molar-refractivity contribution >= 4 is 11.6 Å². The molecule has 1 atom stereocenters. The number of aryl methyl sites for hydroxylation is 2. The van der Waals surface area contributed by atoms with Crippen molar-refractivity contribution in [2.75, 3.05) is 31.6 Å². The van der Waals surface area contributed by atoms with Gasteiger partial charge in [0, 0.05) is 12.5 Å². The Hall–Kier alpha value is -3.32. The first kappa shape index (κ1) is 22.5. The number of hydrogen-bond donors (Lipinski definition) is 1. The van der Waals surface area contributed by atoms with Crippen molar-refractivity contribution in [3.63, 3.8) is 0 Å². The van der Waals surface area contributed by atoms with E-state index in [-0.39, 0.29) is 11.9 Å². The molecule has 0 radical (unpaired) electrons. The van der Waals surface area contributed by atoms with Crippen LogP contribution in [0, 0.1) is 20.8 Å². The predicted molar refractivity (Wildman–Crippen MR) is 132 cm³/mol. The van der Waals surface area contributed by atoms with Gasteiger partial charge in [0.15, 0.2) is 11.5 Å². The molecule has 7 nitrogen and oxygen atoms in total. The summed E-state index contributed by atoms with van der Waals surface area (Å²) in [7, 11) is 0. The van der Waals surface area contributed by atoms with Gasteiger partial charge in [0.2, 0.25) is 5.91 Å². The number of nitrogens with zero attached hydrogens (tertiary/aromatic N) is 3. The van der Waals surface area contributed by atoms with E-state index in [1.165, 1.54) is 11.1 Å². The lowest BCUT2D eigenvalue weighted by atomic mass is 10.0. The zero-order valence-corrected chi connectivity index (χ0v) is 20.1. The average molecular weight is 461 g/mol. The molecule has 34 heavy (non-hydrogen) atoms. The zero-order chi connectivity index (χ0) is 23.7. The summed E-state index contributed by atoms with van der Waals surface area (Å²) in [6.45, 7) is 8.58. The van der Waals surface area contributed by atoms with Crippen LogP contribution in [0.1, 0.15) is 47.8 Å². The third-order valence-corrected chi connectivity index (χ3v) is 6.70. The van der Waals surface area contributed by atoms with E-state index < -0.39 is 0 Å². The molecule has 3 heterocycles. The summed E-state index contributed by atoms with van der Waals surface area (Å²) in [5, 5.41) is 7.80. The Morgan fingerprint density at radius 1 is 1.03 bits per heavy atom. The first-order valence-corrected chi connectivity index (χ1v) is 12.1. The number of likely N-dealkylation sites (tertiary alicyclic amines) is 1. The van der Waals surface area contributed by atoms with E-state index in [4.69, 9.17) is 9.47 Å². The number of amides is 1. The summed E-state index contributed by atoms with van der Waals surface area (Å²) >= 11 is 0. The van der Waals surface area contributed by atoms with E-state index in [1.807, 2.05) is 36.7 Å². The molecule has 2 aromatic carbocycles. The van der Waals surface area contributed by atoms with Gasteiger partial charge in [0.05, 0.1) is 42.5 Å². The molecule has 1 amide bonds. The van der Waals surface area contributed by atoms with Gasteiger partial charge in [-0.05, 0) is 70.0 Å². The molecule has 1 N–H and O–H groups in total. The number of fused-ring (bicyclic) bond motifs is 1. The molecule has 7 heteroatoms. The van der Waals surface area contributed by atoms with Crippen molar-refractivity contribution in [2.45, 2.75) is 46.1 Å². The maximum Gasteiger partial charge on any atom is 0.238 e. The van der Waals surface area contributed by atoms with Crippen LogP contribution in [0.25, 0.3) is 5.69 Å². The smallest absolute Gasteiger partial charge is 0.238 e. The van der Waals surface area contributed by atoms with Gasteiger partial charge in [0.1, 0.15) is 0 Å². The molecule has 1 fully saturated rings. The SMILES string of the molecule is Cc1ccc(-n2nc(C)c(NC(=O)CN3CCC[C@@H]3c3ccc4c(c3)OCCCO4)c2C)cc1. The summed E-state index contributed by atoms with van der Waals surface area (Å²) in [5.74, 6) is 1.59. The third-order valence-electron chi connectivity index (χ3n) is 6.70. The Balaban J connectivity index is 1.29. The number of hydrogen-bond acceptors (Lipinski definition) is 5. The average Bonchev–Trinajstić information content (AvgIpc) is 3.29. The molecule has 3 aromatic rings. The fourth-order valence-electron chi connectivity index (χ4n) is 4.90. The first-order chi connectivity index (χ1) is 16.5. The molecule has 0 bridgehead atoms. The van der Waals surface area contributed by atoms with Crippen LogP contribution in [0.4, 0.5) is 5.69 Å². The van der Waals surface area contributed by atoms with Gasteiger partial charge in [-0.2, -0.15) is 5.10 Å². The Labute approximate surface area is 200 Å². The fourth-order valence-corrected chi connectivity index (χ4v) is 4.90. The first-order valence-electron chi connectivity index (χ1n) is 12.1. The largest absolute Gasteiger partial charge is 0.490 e. The van der Waals surface area contributed by atoms with Gasteiger partial charge >= 0.3 is 0 Å². The summed E-state index contributed by atoms with van der Waals surface area (Å²) in [6, 6.07) is 14.6. The molecule has 2 aliphatic heterocycles. The van der Waals surface area contributed by atoms with Crippen LogP contribution in [0.15, 0.2) is 42.5 Å². The van der Waals surface area contributed by atoms with E-state index in [9.17, 15) is 4.79 Å². The maximum atomic E-state index is 13.1. The topological polar surface area (TPSA) is 68.6 Å². The number of ether oxygens (including phenoxy) is 2. The highest BCUT2D eigenvalue weighted by Gasteiger charge is 2.29. The summed E-state index contributed by atoms with van der Waals surface area (Å²) < 4.78 is 13.5. The summed E-state index contributed by atoms with van der Waals surface area (Å²) in [6.07, 6.45) is 2.98. The molecule has 0 saturated carbocycles. The van der Waals surface area contributed by atoms with Crippen LogP contribution in [-0.4, -0.2) is 46.9 Å². The molecule has 1 aromatic heterocycles. The van der Waals surface area contributed by atoms with Crippen LogP contribution in [0.3, 0.4) is 0 Å². The second-order valence-corrected chi connectivity index (χ2v) is 9.23. The number of carbonyl (C=O) groups excluding carboxylic acids is 1. The zero-order valence-electron chi connectivity index (χ0n) is 20.1. The number of rotatable bonds is 5. The van der Waals surface area contributed by atoms with Gasteiger partial charge in [0.25, 0.3) is 0 Å². The lowest BCUT2D eigenvalue weighted by molar-refractivity contribution is -0.117. The molecule has 1 saturated heterocycles. The van der Waals surface area contributed by atoms with Crippen LogP contribution < -0.4 is 14.8 Å². The minimum absolute atomic E-state index is 0.0177. The Bertz CT molecular complexity index is 1190. The number of anilines is 1. The van der Waals surface area contributed by atoms with Crippen molar-refractivity contribution in [3.05, 3.63) is 65.0 Å². The van der Waals surface area contributed by atoms with Gasteiger partial charge in [-0.25, -0.2) is 4.68 Å². The fraction of sp³-hybridized carbons (Fsp3) is 0.407. The molecule has 0 spiro atoms. The van der Waals surface area contributed by atoms with Crippen LogP contribution in [0.5, 0.6) is 11.5 Å². The molecular weight excluding hydrogens is 428 g/mol. The second-order valence-electron chi connectivity index (χ2n) is 9.23. The van der Waals surface area contributed by atoms with E-state index in [1.54, 1.807) is 0 Å². The van der Waals surface area contributed by atoms with Gasteiger partial charge < -0.3 is 14.8 Å². The lowest BCUT2D eigenvalue weighted by Gasteiger charge is -2.25. The quantitative estimate of drug-likeness (QED) is 0.596. The normalized spacial score (nSPS) is 18.0. The monoisotopic (exact) mass is 460 g/mol. The van der Waals surface area contributed by atoms with Crippen LogP contribution >= 0.6 is 0 Å². The Kier molecular flexibility index (Phi) is 6.28. The highest BCUT2D eigenvalue weighted by atomic mass is 16.5. The number of carbonyl (C=O) groups is 1. The lowest BCUT2D eigenvalue weighted by Crippen LogP contribution is -2.33. The standard InChI is InChI=1S/C27H32N4O3/c1-18-7-10-22(11-8-18)31-20(3)27(19(2)29-31)28-26(32)17-30-13-4-6-23(30)21-9-12-24-25(16-21)34-15-5-14-33-24/h7-12,16,23H,4-6,13-15,17H2,1-3H3,(H,28,32)/t23-/m1/s1. The van der Waals surface area contributed by atoms with Crippen molar-refractivity contribution in [1.82, 2.24) is 14.7 Å². The van der Waals surface area contributed by atoms with Crippen molar-refractivity contribution in [1.29, 1.82) is 0 Å². The van der Waals surface area contributed by atoms with Gasteiger partial charge in [-0.15, -0.1) is 0 Å². The molecule has 178 valence electrons. The molecular formula is C27H32N4O3. The molecule has 5 rings (SSSR count). The molecule has 0 aliphatic carbocycles. The second kappa shape index (κ2) is 9.50. The Morgan fingerprint density at radius 2 is 1.79 bits per heavy atom. The van der Waals surface area contributed by atoms with Gasteiger partial charge in [-0.1, -0.05) is 23.8 Å². The van der Waals surface area contributed by atoms with E-state index >= 15 is 0 Å². The maximum absolute atomic E-state index is 13.1. The summed E-state index contributed by atoms with van der Waals surface area (Å²) in [4.78, 5) is 15.3. The highest BCUT2D eigenvalue weighted by molar-refractivity contribution is 5.93. The number of benzene rings is 2. The van der Waals surface area contributed by atoms with Gasteiger partial charge in [-0.3, -0.25) is 9.69 Å². The molecule has 0 unspecified atom stereocenters. The van der Waals surface area contributed by atoms with Crippen LogP contribution in [-0.2, 0) is 4.79 Å².